The number of fused-ring (bicyclic) bond motifs is 1. The average molecular weight is 393 g/mol. The van der Waals surface area contributed by atoms with Crippen LogP contribution in [0.3, 0.4) is 0 Å². The Bertz CT molecular complexity index is 1150. The Morgan fingerprint density at radius 2 is 2.04 bits per heavy atom. The summed E-state index contributed by atoms with van der Waals surface area (Å²) < 4.78 is 2.61. The molecule has 0 saturated heterocycles. The van der Waals surface area contributed by atoms with E-state index in [9.17, 15) is 9.59 Å². The normalized spacial score (nSPS) is 12.2. The quantitative estimate of drug-likeness (QED) is 0.546. The highest BCUT2D eigenvalue weighted by Crippen LogP contribution is 2.23. The molecule has 0 unspecified atom stereocenters. The molecule has 7 nitrogen and oxygen atoms in total. The van der Waals surface area contributed by atoms with Crippen molar-refractivity contribution in [2.75, 3.05) is 6.54 Å². The molecule has 1 amide bonds. The number of rotatable bonds is 6. The van der Waals surface area contributed by atoms with Gasteiger partial charge in [0.15, 0.2) is 0 Å². The molecule has 3 heterocycles. The van der Waals surface area contributed by atoms with E-state index < -0.39 is 0 Å². The highest BCUT2D eigenvalue weighted by molar-refractivity contribution is 7.13. The first-order valence-corrected chi connectivity index (χ1v) is 9.81. The molecule has 3 aromatic heterocycles. The van der Waals surface area contributed by atoms with Crippen LogP contribution in [-0.2, 0) is 11.3 Å². The van der Waals surface area contributed by atoms with Crippen LogP contribution in [0.15, 0.2) is 65.0 Å². The Morgan fingerprint density at radius 1 is 1.21 bits per heavy atom. The average Bonchev–Trinajstić information content (AvgIpc) is 3.39. The molecule has 1 N–H and O–H groups in total. The molecule has 0 bridgehead atoms. The molecule has 0 spiro atoms. The summed E-state index contributed by atoms with van der Waals surface area (Å²) in [4.78, 5) is 25.9. The number of hydrogen-bond acceptors (Lipinski definition) is 5. The number of carbonyl (C=O) groups is 1. The van der Waals surface area contributed by atoms with Crippen molar-refractivity contribution in [1.29, 1.82) is 0 Å². The second-order valence-corrected chi connectivity index (χ2v) is 7.49. The van der Waals surface area contributed by atoms with Gasteiger partial charge in [0.2, 0.25) is 5.91 Å². The topological polar surface area (TPSA) is 81.3 Å². The number of thiophene rings is 1. The van der Waals surface area contributed by atoms with Crippen LogP contribution < -0.4 is 10.9 Å². The fraction of sp³-hybridized carbons (Fsp3) is 0.200. The van der Waals surface area contributed by atoms with Crippen molar-refractivity contribution < 1.29 is 4.79 Å². The third-order valence-electron chi connectivity index (χ3n) is 4.53. The highest BCUT2D eigenvalue weighted by atomic mass is 32.1. The minimum absolute atomic E-state index is 0.129. The van der Waals surface area contributed by atoms with Gasteiger partial charge in [-0.2, -0.15) is 10.2 Å². The smallest absolute Gasteiger partial charge is 0.293 e. The lowest BCUT2D eigenvalue weighted by Crippen LogP contribution is -2.35. The van der Waals surface area contributed by atoms with Gasteiger partial charge in [0.1, 0.15) is 24.1 Å². The zero-order valence-corrected chi connectivity index (χ0v) is 16.1. The van der Waals surface area contributed by atoms with Gasteiger partial charge < -0.3 is 5.32 Å². The fourth-order valence-corrected chi connectivity index (χ4v) is 3.64. The second-order valence-electron chi connectivity index (χ2n) is 6.55. The zero-order chi connectivity index (χ0) is 19.5. The van der Waals surface area contributed by atoms with Crippen LogP contribution in [0.5, 0.6) is 0 Å². The van der Waals surface area contributed by atoms with Crippen molar-refractivity contribution in [3.8, 4) is 10.6 Å². The number of benzene rings is 1. The van der Waals surface area contributed by atoms with Crippen molar-refractivity contribution in [3.05, 3.63) is 76.2 Å². The minimum atomic E-state index is -0.343. The fourth-order valence-electron chi connectivity index (χ4n) is 2.95. The van der Waals surface area contributed by atoms with Gasteiger partial charge in [-0.15, -0.1) is 11.3 Å². The molecule has 0 aliphatic carbocycles. The molecule has 142 valence electrons. The number of aromatic nitrogens is 4. The van der Waals surface area contributed by atoms with Gasteiger partial charge >= 0.3 is 0 Å². The van der Waals surface area contributed by atoms with Gasteiger partial charge in [0, 0.05) is 6.54 Å². The number of amides is 1. The largest absolute Gasteiger partial charge is 0.354 e. The minimum Gasteiger partial charge on any atom is -0.354 e. The summed E-state index contributed by atoms with van der Waals surface area (Å²) in [5.41, 5.74) is 1.92. The molecule has 4 aromatic rings. The van der Waals surface area contributed by atoms with E-state index in [4.69, 9.17) is 0 Å². The van der Waals surface area contributed by atoms with E-state index in [0.29, 0.717) is 17.8 Å². The molecule has 0 aliphatic heterocycles. The maximum absolute atomic E-state index is 12.7. The predicted molar refractivity (Wildman–Crippen MR) is 108 cm³/mol. The Hall–Kier alpha value is -3.26. The first-order valence-electron chi connectivity index (χ1n) is 8.93. The molecular weight excluding hydrogens is 374 g/mol. The number of hydrogen-bond donors (Lipinski definition) is 1. The van der Waals surface area contributed by atoms with E-state index in [0.717, 1.165) is 15.1 Å². The SMILES string of the molecule is C[C@H](CNC(=O)Cn1ncn2nc(-c3cccs3)cc2c1=O)c1ccccc1. The third-order valence-corrected chi connectivity index (χ3v) is 5.42. The lowest BCUT2D eigenvalue weighted by molar-refractivity contribution is -0.121. The third kappa shape index (κ3) is 3.72. The Kier molecular flexibility index (Phi) is 5.03. The van der Waals surface area contributed by atoms with E-state index in [-0.39, 0.29) is 23.9 Å². The molecule has 4 rings (SSSR count). The van der Waals surface area contributed by atoms with Crippen LogP contribution in [0.25, 0.3) is 16.1 Å². The maximum atomic E-state index is 12.7. The molecule has 1 aromatic carbocycles. The van der Waals surface area contributed by atoms with Gasteiger partial charge in [-0.05, 0) is 29.0 Å². The van der Waals surface area contributed by atoms with Crippen molar-refractivity contribution >= 4 is 22.8 Å². The molecule has 1 atom stereocenters. The van der Waals surface area contributed by atoms with E-state index in [2.05, 4.69) is 15.5 Å². The maximum Gasteiger partial charge on any atom is 0.293 e. The summed E-state index contributed by atoms with van der Waals surface area (Å²) >= 11 is 1.55. The van der Waals surface area contributed by atoms with Crippen LogP contribution in [0, 0.1) is 0 Å². The molecule has 28 heavy (non-hydrogen) atoms. The summed E-state index contributed by atoms with van der Waals surface area (Å²) in [5, 5.41) is 13.3. The van der Waals surface area contributed by atoms with Crippen LogP contribution in [-0.4, -0.2) is 31.8 Å². The molecule has 0 saturated carbocycles. The Labute approximate surface area is 165 Å². The number of nitrogens with zero attached hydrogens (tertiary/aromatic N) is 4. The number of carbonyl (C=O) groups excluding carboxylic acids is 1. The standard InChI is InChI=1S/C20H19N5O2S/c1-14(15-6-3-2-4-7-15)11-21-19(26)12-24-20(27)17-10-16(18-8-5-9-28-18)23-25(17)13-22-24/h2-10,13-14H,11-12H2,1H3,(H,21,26)/t14-/m1/s1. The molecule has 0 aliphatic rings. The van der Waals surface area contributed by atoms with Crippen molar-refractivity contribution in [2.45, 2.75) is 19.4 Å². The van der Waals surface area contributed by atoms with Crippen LogP contribution in [0.2, 0.25) is 0 Å². The summed E-state index contributed by atoms with van der Waals surface area (Å²) in [6.45, 7) is 2.41. The van der Waals surface area contributed by atoms with E-state index in [1.165, 1.54) is 10.8 Å². The number of nitrogens with one attached hydrogen (secondary N) is 1. The van der Waals surface area contributed by atoms with Gasteiger partial charge in [-0.25, -0.2) is 9.20 Å². The molecule has 0 radical (unpaired) electrons. The lowest BCUT2D eigenvalue weighted by Gasteiger charge is -2.13. The second kappa shape index (κ2) is 7.77. The first-order chi connectivity index (χ1) is 13.6. The van der Waals surface area contributed by atoms with Gasteiger partial charge in [0.05, 0.1) is 4.88 Å². The first kappa shape index (κ1) is 18.1. The Morgan fingerprint density at radius 3 is 2.79 bits per heavy atom. The molecular formula is C20H19N5O2S. The van der Waals surface area contributed by atoms with Crippen LogP contribution in [0.4, 0.5) is 0 Å². The Balaban J connectivity index is 1.46. The van der Waals surface area contributed by atoms with Gasteiger partial charge in [-0.1, -0.05) is 43.3 Å². The van der Waals surface area contributed by atoms with Crippen LogP contribution in [0.1, 0.15) is 18.4 Å². The zero-order valence-electron chi connectivity index (χ0n) is 15.3. The molecule has 8 heteroatoms. The van der Waals surface area contributed by atoms with Crippen molar-refractivity contribution in [3.63, 3.8) is 0 Å². The predicted octanol–water partition coefficient (Wildman–Crippen LogP) is 2.54. The summed E-state index contributed by atoms with van der Waals surface area (Å²) in [6.07, 6.45) is 1.45. The van der Waals surface area contributed by atoms with E-state index in [1.807, 2.05) is 54.8 Å². The summed E-state index contributed by atoms with van der Waals surface area (Å²) in [7, 11) is 0. The van der Waals surface area contributed by atoms with Gasteiger partial charge in [-0.3, -0.25) is 9.59 Å². The summed E-state index contributed by atoms with van der Waals surface area (Å²) in [5.74, 6) is -0.0692. The van der Waals surface area contributed by atoms with Gasteiger partial charge in [0.25, 0.3) is 5.56 Å². The van der Waals surface area contributed by atoms with Crippen molar-refractivity contribution in [1.82, 2.24) is 24.7 Å². The lowest BCUT2D eigenvalue weighted by atomic mass is 10.0. The van der Waals surface area contributed by atoms with Crippen LogP contribution >= 0.6 is 11.3 Å². The highest BCUT2D eigenvalue weighted by Gasteiger charge is 2.13. The van der Waals surface area contributed by atoms with E-state index in [1.54, 1.807) is 17.4 Å². The summed E-state index contributed by atoms with van der Waals surface area (Å²) in [6, 6.07) is 15.6. The van der Waals surface area contributed by atoms with E-state index >= 15 is 0 Å². The van der Waals surface area contributed by atoms with Crippen molar-refractivity contribution in [2.24, 2.45) is 0 Å². The monoisotopic (exact) mass is 393 g/mol. The molecule has 0 fully saturated rings.